The molecular weight excluding hydrogens is 523 g/mol. The number of carboxylic acids is 1. The van der Waals surface area contributed by atoms with Gasteiger partial charge >= 0.3 is 5.97 Å². The third kappa shape index (κ3) is 7.63. The Hall–Kier alpha value is -3.49. The lowest BCUT2D eigenvalue weighted by atomic mass is 9.82. The van der Waals surface area contributed by atoms with Gasteiger partial charge in [-0.25, -0.2) is 4.39 Å². The van der Waals surface area contributed by atoms with Crippen LogP contribution in [0.1, 0.15) is 92.4 Å². The number of alkyl halides is 1. The van der Waals surface area contributed by atoms with E-state index >= 15 is 0 Å². The molecule has 1 fully saturated rings. The average molecular weight is 565 g/mol. The lowest BCUT2D eigenvalue weighted by Crippen LogP contribution is -2.24. The van der Waals surface area contributed by atoms with E-state index in [1.807, 2.05) is 74.5 Å². The maximum absolute atomic E-state index is 14.3. The highest BCUT2D eigenvalue weighted by Gasteiger charge is 2.35. The summed E-state index contributed by atoms with van der Waals surface area (Å²) in [6.45, 7) is 4.45. The molecule has 4 rings (SSSR count). The molecule has 4 N–H and O–H groups in total. The Balaban J connectivity index is 1.83. The van der Waals surface area contributed by atoms with E-state index < -0.39 is 30.8 Å². The molecule has 0 saturated heterocycles. The molecule has 3 aromatic rings. The summed E-state index contributed by atoms with van der Waals surface area (Å²) in [5, 5.41) is 32.9. The number of carbonyl (C=O) groups excluding carboxylic acids is 1. The number of hydrogen-bond acceptors (Lipinski definition) is 4. The van der Waals surface area contributed by atoms with Gasteiger partial charge < -0.3 is 25.2 Å². The lowest BCUT2D eigenvalue weighted by Gasteiger charge is -2.28. The van der Waals surface area contributed by atoms with E-state index in [-0.39, 0.29) is 30.6 Å². The number of rotatable bonds is 12. The maximum atomic E-state index is 14.3. The Bertz CT molecular complexity index is 1300. The summed E-state index contributed by atoms with van der Waals surface area (Å²) in [4.78, 5) is 25.1. The first-order chi connectivity index (χ1) is 19.7. The van der Waals surface area contributed by atoms with Gasteiger partial charge in [0.15, 0.2) is 0 Å². The summed E-state index contributed by atoms with van der Waals surface area (Å²) < 4.78 is 16.4. The number of aliphatic carboxylic acids is 1. The van der Waals surface area contributed by atoms with Crippen LogP contribution in [0.3, 0.4) is 0 Å². The first-order valence-corrected chi connectivity index (χ1v) is 14.6. The van der Waals surface area contributed by atoms with Crippen molar-refractivity contribution in [2.75, 3.05) is 5.32 Å². The van der Waals surface area contributed by atoms with E-state index in [1.54, 1.807) is 0 Å². The second-order valence-electron chi connectivity index (χ2n) is 11.4. The van der Waals surface area contributed by atoms with E-state index in [0.29, 0.717) is 43.5 Å². The molecule has 0 aliphatic heterocycles. The smallest absolute Gasteiger partial charge is 0.305 e. The summed E-state index contributed by atoms with van der Waals surface area (Å²) in [5.41, 5.74) is 4.82. The van der Waals surface area contributed by atoms with Gasteiger partial charge in [-0.15, -0.1) is 0 Å². The first kappa shape index (κ1) is 30.5. The van der Waals surface area contributed by atoms with Crippen LogP contribution in [0.5, 0.6) is 0 Å². The van der Waals surface area contributed by atoms with Gasteiger partial charge in [-0.05, 0) is 62.1 Å². The summed E-state index contributed by atoms with van der Waals surface area (Å²) in [5.74, 6) is -1.36. The topological polar surface area (TPSA) is 112 Å². The summed E-state index contributed by atoms with van der Waals surface area (Å²) >= 11 is 0. The number of nitrogens with one attached hydrogen (secondary N) is 1. The summed E-state index contributed by atoms with van der Waals surface area (Å²) in [7, 11) is 0. The number of carbonyl (C=O) groups is 2. The minimum Gasteiger partial charge on any atom is -0.481 e. The fourth-order valence-electron chi connectivity index (χ4n) is 6.08. The number of anilines is 1. The van der Waals surface area contributed by atoms with Gasteiger partial charge in [0, 0.05) is 35.1 Å². The molecule has 1 saturated carbocycles. The van der Waals surface area contributed by atoms with Crippen LogP contribution in [0.25, 0.3) is 11.1 Å². The highest BCUT2D eigenvalue weighted by Crippen LogP contribution is 2.45. The summed E-state index contributed by atoms with van der Waals surface area (Å²) in [6.07, 6.45) is -0.914. The lowest BCUT2D eigenvalue weighted by molar-refractivity contribution is -0.139. The van der Waals surface area contributed by atoms with Gasteiger partial charge in [0.25, 0.3) is 5.91 Å². The first-order valence-electron chi connectivity index (χ1n) is 14.6. The summed E-state index contributed by atoms with van der Waals surface area (Å²) in [6, 6.07) is 19.1. The number of aliphatic hydroxyl groups excluding tert-OH is 2. The third-order valence-electron chi connectivity index (χ3n) is 7.90. The van der Waals surface area contributed by atoms with Crippen molar-refractivity contribution in [2.45, 2.75) is 95.6 Å². The second-order valence-corrected chi connectivity index (χ2v) is 11.4. The zero-order chi connectivity index (χ0) is 29.5. The van der Waals surface area contributed by atoms with Gasteiger partial charge in [-0.1, -0.05) is 62.4 Å². The Labute approximate surface area is 241 Å². The Kier molecular flexibility index (Phi) is 10.3. The van der Waals surface area contributed by atoms with E-state index in [4.69, 9.17) is 5.11 Å². The molecule has 41 heavy (non-hydrogen) atoms. The zero-order valence-corrected chi connectivity index (χ0v) is 23.8. The SMILES string of the molecule is CC(C)c1c(C(=O)Nc2ccccc2)c(-c2ccccc2)c(C2CCC(F)CC2)n1CC[C@H](O)C[C@H](O)CC(=O)O. The molecule has 0 unspecified atom stereocenters. The quantitative estimate of drug-likeness (QED) is 0.201. The molecule has 0 bridgehead atoms. The van der Waals surface area contributed by atoms with Gasteiger partial charge in [0.2, 0.25) is 0 Å². The number of para-hydroxylation sites is 1. The number of amides is 1. The monoisotopic (exact) mass is 564 g/mol. The fourth-order valence-corrected chi connectivity index (χ4v) is 6.08. The molecule has 8 heteroatoms. The van der Waals surface area contributed by atoms with E-state index in [9.17, 15) is 24.2 Å². The molecule has 0 spiro atoms. The molecule has 0 radical (unpaired) electrons. The highest BCUT2D eigenvalue weighted by atomic mass is 19.1. The third-order valence-corrected chi connectivity index (χ3v) is 7.90. The van der Waals surface area contributed by atoms with Crippen molar-refractivity contribution < 1.29 is 29.3 Å². The van der Waals surface area contributed by atoms with Crippen LogP contribution in [0, 0.1) is 0 Å². The van der Waals surface area contributed by atoms with Crippen molar-refractivity contribution in [1.82, 2.24) is 4.57 Å². The molecule has 7 nitrogen and oxygen atoms in total. The van der Waals surface area contributed by atoms with Gasteiger partial charge in [0.1, 0.15) is 6.17 Å². The van der Waals surface area contributed by atoms with Crippen molar-refractivity contribution in [3.63, 3.8) is 0 Å². The molecule has 1 heterocycles. The van der Waals surface area contributed by atoms with Crippen LogP contribution in [-0.2, 0) is 11.3 Å². The Morgan fingerprint density at radius 2 is 1.56 bits per heavy atom. The number of carboxylic acid groups (broad SMARTS) is 1. The molecule has 1 aliphatic rings. The minimum absolute atomic E-state index is 0.0303. The van der Waals surface area contributed by atoms with Crippen molar-refractivity contribution in [1.29, 1.82) is 0 Å². The van der Waals surface area contributed by atoms with Crippen molar-refractivity contribution in [2.24, 2.45) is 0 Å². The predicted octanol–water partition coefficient (Wildman–Crippen LogP) is 6.50. The minimum atomic E-state index is -1.15. The number of benzene rings is 2. The van der Waals surface area contributed by atoms with Gasteiger partial charge in [-0.3, -0.25) is 9.59 Å². The largest absolute Gasteiger partial charge is 0.481 e. The van der Waals surface area contributed by atoms with Crippen LogP contribution in [-0.4, -0.2) is 50.1 Å². The zero-order valence-electron chi connectivity index (χ0n) is 23.8. The standard InChI is InChI=1S/C33H41FN2O5/c1-21(2)31-30(33(41)35-25-11-7-4-8-12-25)29(22-9-5-3-6-10-22)32(23-13-15-24(34)16-14-23)36(31)18-17-26(37)19-27(38)20-28(39)40/h3-12,21,23-24,26-27,37-38H,13-20H2,1-2H3,(H,35,41)(H,39,40)/t23?,24?,26-,27-/m0/s1. The molecule has 2 atom stereocenters. The second kappa shape index (κ2) is 13.9. The molecular formula is C33H41FN2O5. The van der Waals surface area contributed by atoms with Crippen LogP contribution < -0.4 is 5.32 Å². The van der Waals surface area contributed by atoms with Crippen molar-refractivity contribution in [3.8, 4) is 11.1 Å². The number of aromatic nitrogens is 1. The van der Waals surface area contributed by atoms with Gasteiger partial charge in [0.05, 0.1) is 24.2 Å². The van der Waals surface area contributed by atoms with Crippen molar-refractivity contribution >= 4 is 17.6 Å². The predicted molar refractivity (Wildman–Crippen MR) is 158 cm³/mol. The molecule has 1 aromatic heterocycles. The average Bonchev–Trinajstić information content (AvgIpc) is 3.28. The maximum Gasteiger partial charge on any atom is 0.305 e. The van der Waals surface area contributed by atoms with Crippen LogP contribution in [0.4, 0.5) is 10.1 Å². The Morgan fingerprint density at radius 3 is 2.15 bits per heavy atom. The molecule has 1 amide bonds. The van der Waals surface area contributed by atoms with E-state index in [2.05, 4.69) is 9.88 Å². The van der Waals surface area contributed by atoms with Crippen LogP contribution in [0.15, 0.2) is 60.7 Å². The molecule has 1 aliphatic carbocycles. The number of halogens is 1. The van der Waals surface area contributed by atoms with Gasteiger partial charge in [-0.2, -0.15) is 0 Å². The van der Waals surface area contributed by atoms with E-state index in [0.717, 1.165) is 22.5 Å². The number of nitrogens with zero attached hydrogens (tertiary/aromatic N) is 1. The van der Waals surface area contributed by atoms with Crippen LogP contribution in [0.2, 0.25) is 0 Å². The van der Waals surface area contributed by atoms with Crippen molar-refractivity contribution in [3.05, 3.63) is 77.6 Å². The Morgan fingerprint density at radius 1 is 0.951 bits per heavy atom. The highest BCUT2D eigenvalue weighted by molar-refractivity contribution is 6.10. The van der Waals surface area contributed by atoms with E-state index in [1.165, 1.54) is 0 Å². The fraction of sp³-hybridized carbons (Fsp3) is 0.455. The van der Waals surface area contributed by atoms with Crippen LogP contribution >= 0.6 is 0 Å². The number of hydrogen-bond donors (Lipinski definition) is 4. The normalized spacial score (nSPS) is 18.7. The molecule has 220 valence electrons. The molecule has 2 aromatic carbocycles. The number of aliphatic hydroxyl groups is 2.